The molecule has 148 valence electrons. The topological polar surface area (TPSA) is 107 Å². The lowest BCUT2D eigenvalue weighted by Gasteiger charge is -2.19. The van der Waals surface area contributed by atoms with Gasteiger partial charge in [-0.2, -0.15) is 18.3 Å². The third kappa shape index (κ3) is 5.71. The highest BCUT2D eigenvalue weighted by Gasteiger charge is 2.41. The van der Waals surface area contributed by atoms with E-state index in [1.165, 1.54) is 0 Å². The molecule has 1 N–H and O–H groups in total. The third-order valence-electron chi connectivity index (χ3n) is 2.97. The predicted octanol–water partition coefficient (Wildman–Crippen LogP) is 1.94. The van der Waals surface area contributed by atoms with Gasteiger partial charge in [0.15, 0.2) is 26.8 Å². The quantitative estimate of drug-likeness (QED) is 0.579. The number of aromatic nitrogens is 2. The lowest BCUT2D eigenvalue weighted by atomic mass is 10.2. The number of alkyl halides is 3. The minimum absolute atomic E-state index is 0.0749. The van der Waals surface area contributed by atoms with Gasteiger partial charge >= 0.3 is 12.3 Å². The fourth-order valence-electron chi connectivity index (χ4n) is 2.07. The van der Waals surface area contributed by atoms with E-state index in [0.717, 1.165) is 7.05 Å². The van der Waals surface area contributed by atoms with Crippen molar-refractivity contribution in [2.24, 2.45) is 7.05 Å². The van der Waals surface area contributed by atoms with Crippen molar-refractivity contribution in [1.82, 2.24) is 15.1 Å². The number of nitrogens with zero attached hydrogens (tertiary/aromatic N) is 2. The normalized spacial score (nSPS) is 12.7. The van der Waals surface area contributed by atoms with Gasteiger partial charge in [-0.15, -0.1) is 0 Å². The third-order valence-corrected chi connectivity index (χ3v) is 4.87. The average Bonchev–Trinajstić information content (AvgIpc) is 2.79. The summed E-state index contributed by atoms with van der Waals surface area (Å²) >= 11 is 0. The molecule has 12 heteroatoms. The molecule has 0 spiro atoms. The van der Waals surface area contributed by atoms with Crippen LogP contribution in [0.5, 0.6) is 0 Å². The zero-order valence-corrected chi connectivity index (χ0v) is 15.5. The molecule has 1 heterocycles. The summed E-state index contributed by atoms with van der Waals surface area (Å²) in [7, 11) is -3.22. The number of rotatable bonds is 6. The molecule has 0 unspecified atom stereocenters. The first kappa shape index (κ1) is 21.9. The lowest BCUT2D eigenvalue weighted by Crippen LogP contribution is -2.33. The number of halogens is 3. The minimum Gasteiger partial charge on any atom is -0.444 e. The van der Waals surface area contributed by atoms with E-state index < -0.39 is 49.7 Å². The summed E-state index contributed by atoms with van der Waals surface area (Å²) in [6.45, 7) is 4.88. The number of ether oxygens (including phenoxy) is 1. The number of carbonyl (C=O) groups is 2. The van der Waals surface area contributed by atoms with E-state index in [9.17, 15) is 31.2 Å². The van der Waals surface area contributed by atoms with Crippen LogP contribution in [-0.2, 0) is 27.8 Å². The first-order valence-electron chi connectivity index (χ1n) is 7.48. The molecular formula is C14H20F3N3O5S. The van der Waals surface area contributed by atoms with Crippen LogP contribution in [0.1, 0.15) is 43.2 Å². The van der Waals surface area contributed by atoms with E-state index >= 15 is 0 Å². The molecule has 0 aliphatic heterocycles. The number of aryl methyl sites for hydroxylation is 1. The van der Waals surface area contributed by atoms with Crippen LogP contribution >= 0.6 is 0 Å². The van der Waals surface area contributed by atoms with Crippen molar-refractivity contribution in [3.05, 3.63) is 11.3 Å². The van der Waals surface area contributed by atoms with Crippen LogP contribution < -0.4 is 5.32 Å². The number of alkyl carbamates (subject to hydrolysis) is 1. The molecule has 0 atom stereocenters. The molecule has 8 nitrogen and oxygen atoms in total. The molecule has 1 aromatic rings. The Bertz CT molecular complexity index is 779. The van der Waals surface area contributed by atoms with Gasteiger partial charge in [-0.05, 0) is 27.2 Å². The molecule has 0 saturated heterocycles. The summed E-state index contributed by atoms with van der Waals surface area (Å²) in [4.78, 5) is 22.5. The first-order chi connectivity index (χ1) is 11.7. The van der Waals surface area contributed by atoms with Crippen LogP contribution in [0.3, 0.4) is 0 Å². The second kappa shape index (κ2) is 7.64. The van der Waals surface area contributed by atoms with Gasteiger partial charge in [-0.1, -0.05) is 0 Å². The van der Waals surface area contributed by atoms with Gasteiger partial charge in [0.2, 0.25) is 0 Å². The SMILES string of the molecule is Cn1nc(C(F)(F)F)c(C=O)c1S(=O)(=O)CCCNC(=O)OC(C)(C)C. The molecule has 0 bridgehead atoms. The standard InChI is InChI=1S/C14H20F3N3O5S/c1-13(2,3)25-12(22)18-6-5-7-26(23,24)11-9(8-21)10(14(15,16)17)19-20(11)4/h8H,5-7H2,1-4H3,(H,18,22). The van der Waals surface area contributed by atoms with E-state index in [1.54, 1.807) is 20.8 Å². The highest BCUT2D eigenvalue weighted by Crippen LogP contribution is 2.33. The lowest BCUT2D eigenvalue weighted by molar-refractivity contribution is -0.141. The van der Waals surface area contributed by atoms with Crippen molar-refractivity contribution in [1.29, 1.82) is 0 Å². The number of hydrogen-bond donors (Lipinski definition) is 1. The van der Waals surface area contributed by atoms with Crippen LogP contribution in [0, 0.1) is 0 Å². The van der Waals surface area contributed by atoms with E-state index in [1.807, 2.05) is 0 Å². The van der Waals surface area contributed by atoms with Crippen molar-refractivity contribution in [2.45, 2.75) is 44.0 Å². The van der Waals surface area contributed by atoms with Crippen LogP contribution in [0.2, 0.25) is 0 Å². The molecule has 0 aromatic carbocycles. The minimum atomic E-state index is -4.96. The summed E-state index contributed by atoms with van der Waals surface area (Å²) in [6, 6.07) is 0. The van der Waals surface area contributed by atoms with Gasteiger partial charge in [0.05, 0.1) is 11.3 Å². The Balaban J connectivity index is 2.85. The molecule has 0 fully saturated rings. The molecule has 0 saturated carbocycles. The molecule has 1 amide bonds. The highest BCUT2D eigenvalue weighted by atomic mass is 32.2. The fourth-order valence-corrected chi connectivity index (χ4v) is 3.71. The van der Waals surface area contributed by atoms with Gasteiger partial charge in [-0.3, -0.25) is 9.48 Å². The van der Waals surface area contributed by atoms with Gasteiger partial charge in [-0.25, -0.2) is 13.2 Å². The Morgan fingerprint density at radius 3 is 2.35 bits per heavy atom. The largest absolute Gasteiger partial charge is 0.444 e. The maximum Gasteiger partial charge on any atom is 0.435 e. The smallest absolute Gasteiger partial charge is 0.435 e. The Morgan fingerprint density at radius 1 is 1.31 bits per heavy atom. The monoisotopic (exact) mass is 399 g/mol. The summed E-state index contributed by atoms with van der Waals surface area (Å²) in [5.41, 5.74) is -3.31. The summed E-state index contributed by atoms with van der Waals surface area (Å²) in [5, 5.41) is 4.64. The summed E-state index contributed by atoms with van der Waals surface area (Å²) in [6.07, 6.45) is -5.97. The van der Waals surface area contributed by atoms with E-state index in [0.29, 0.717) is 4.68 Å². The Morgan fingerprint density at radius 2 is 1.88 bits per heavy atom. The molecule has 0 radical (unpaired) electrons. The van der Waals surface area contributed by atoms with Gasteiger partial charge in [0, 0.05) is 13.6 Å². The number of hydrogen-bond acceptors (Lipinski definition) is 6. The van der Waals surface area contributed by atoms with Crippen molar-refractivity contribution in [3.8, 4) is 0 Å². The number of sulfone groups is 1. The summed E-state index contributed by atoms with van der Waals surface area (Å²) < 4.78 is 68.7. The number of nitrogens with one attached hydrogen (secondary N) is 1. The van der Waals surface area contributed by atoms with Crippen molar-refractivity contribution >= 4 is 22.2 Å². The first-order valence-corrected chi connectivity index (χ1v) is 9.13. The van der Waals surface area contributed by atoms with Crippen LogP contribution in [0.25, 0.3) is 0 Å². The zero-order valence-electron chi connectivity index (χ0n) is 14.7. The van der Waals surface area contributed by atoms with Crippen LogP contribution in [0.4, 0.5) is 18.0 Å². The number of amides is 1. The molecule has 1 aromatic heterocycles. The Kier molecular flexibility index (Phi) is 6.44. The molecule has 26 heavy (non-hydrogen) atoms. The number of carbonyl (C=O) groups excluding carboxylic acids is 2. The Labute approximate surface area is 148 Å². The van der Waals surface area contributed by atoms with Crippen molar-refractivity contribution in [3.63, 3.8) is 0 Å². The fraction of sp³-hybridized carbons (Fsp3) is 0.643. The average molecular weight is 399 g/mol. The van der Waals surface area contributed by atoms with E-state index in [2.05, 4.69) is 10.4 Å². The Hall–Kier alpha value is -2.11. The highest BCUT2D eigenvalue weighted by molar-refractivity contribution is 7.91. The van der Waals surface area contributed by atoms with E-state index in [4.69, 9.17) is 4.74 Å². The molecule has 0 aliphatic rings. The van der Waals surface area contributed by atoms with E-state index in [-0.39, 0.29) is 19.3 Å². The predicted molar refractivity (Wildman–Crippen MR) is 84.5 cm³/mol. The van der Waals surface area contributed by atoms with Gasteiger partial charge < -0.3 is 10.1 Å². The zero-order chi connectivity index (χ0) is 20.3. The summed E-state index contributed by atoms with van der Waals surface area (Å²) in [5.74, 6) is -0.583. The van der Waals surface area contributed by atoms with Gasteiger partial charge in [0.1, 0.15) is 5.60 Å². The van der Waals surface area contributed by atoms with Crippen LogP contribution in [0.15, 0.2) is 5.03 Å². The van der Waals surface area contributed by atoms with Gasteiger partial charge in [0.25, 0.3) is 0 Å². The van der Waals surface area contributed by atoms with Crippen molar-refractivity contribution in [2.75, 3.05) is 12.3 Å². The molecule has 0 aliphatic carbocycles. The van der Waals surface area contributed by atoms with Crippen molar-refractivity contribution < 1.29 is 35.9 Å². The maximum absolute atomic E-state index is 12.9. The second-order valence-corrected chi connectivity index (χ2v) is 8.43. The maximum atomic E-state index is 12.9. The molecule has 1 rings (SSSR count). The number of aldehydes is 1. The van der Waals surface area contributed by atoms with Crippen LogP contribution in [-0.4, -0.2) is 48.5 Å². The molecular weight excluding hydrogens is 379 g/mol. The second-order valence-electron chi connectivity index (χ2n) is 6.41.